The van der Waals surface area contributed by atoms with Crippen molar-refractivity contribution in [1.29, 1.82) is 0 Å². The molecule has 1 fully saturated rings. The maximum Gasteiger partial charge on any atom is 0.359 e. The topological polar surface area (TPSA) is 108 Å². The van der Waals surface area contributed by atoms with Crippen LogP contribution in [0.2, 0.25) is 0 Å². The van der Waals surface area contributed by atoms with Crippen molar-refractivity contribution in [3.8, 4) is 0 Å². The first-order valence-corrected chi connectivity index (χ1v) is 7.74. The average molecular weight is 359 g/mol. The van der Waals surface area contributed by atoms with Gasteiger partial charge in [-0.15, -0.1) is 0 Å². The van der Waals surface area contributed by atoms with Gasteiger partial charge in [-0.25, -0.2) is 4.79 Å². The Bertz CT molecular complexity index is 567. The fourth-order valence-electron chi connectivity index (χ4n) is 1.76. The highest BCUT2D eigenvalue weighted by Gasteiger charge is 2.55. The zero-order valence-electron chi connectivity index (χ0n) is 14.1. The van der Waals surface area contributed by atoms with E-state index in [1.807, 2.05) is 0 Å². The number of esters is 3. The summed E-state index contributed by atoms with van der Waals surface area (Å²) in [6, 6.07) is 0. The van der Waals surface area contributed by atoms with E-state index in [4.69, 9.17) is 26.4 Å². The number of amides is 1. The maximum atomic E-state index is 12.3. The molecule has 1 amide bonds. The zero-order chi connectivity index (χ0) is 18.5. The van der Waals surface area contributed by atoms with Crippen LogP contribution in [0.5, 0.6) is 0 Å². The molecule has 0 bridgehead atoms. The number of carbonyl (C=O) groups excluding carboxylic acids is 4. The maximum absolute atomic E-state index is 12.3. The third-order valence-corrected chi connectivity index (χ3v) is 3.58. The fraction of sp³-hybridized carbons (Fsp3) is 0.667. The summed E-state index contributed by atoms with van der Waals surface area (Å²) in [6.07, 6.45) is -0.233. The molecule has 0 aromatic rings. The third-order valence-electron chi connectivity index (χ3n) is 3.10. The standard InChI is InChI=1S/C15H21NO7S/c1-9(17)16-5-6-21-13(20)15(10(24)7-11(18)23-15)8-22-12(19)14(2,3)4/h5-8H2,1-4H3,(H,16,17). The SMILES string of the molecule is CC(=O)NCCOC(=O)C1(COC(=O)C(C)(C)C)OC(=O)CC1=S. The number of carbonyl (C=O) groups is 4. The minimum Gasteiger partial charge on any atom is -0.460 e. The van der Waals surface area contributed by atoms with Crippen LogP contribution in [0.3, 0.4) is 0 Å². The molecule has 1 rings (SSSR count). The lowest BCUT2D eigenvalue weighted by atomic mass is 9.97. The summed E-state index contributed by atoms with van der Waals surface area (Å²) in [5, 5.41) is 2.45. The van der Waals surface area contributed by atoms with E-state index in [1.165, 1.54) is 6.92 Å². The molecule has 1 N–H and O–H groups in total. The molecule has 0 aliphatic carbocycles. The Labute approximate surface area is 145 Å². The van der Waals surface area contributed by atoms with E-state index in [1.54, 1.807) is 20.8 Å². The predicted molar refractivity (Wildman–Crippen MR) is 86.1 cm³/mol. The van der Waals surface area contributed by atoms with Gasteiger partial charge in [0.2, 0.25) is 5.91 Å². The van der Waals surface area contributed by atoms with Crippen molar-refractivity contribution in [3.63, 3.8) is 0 Å². The quantitative estimate of drug-likeness (QED) is 0.312. The van der Waals surface area contributed by atoms with Crippen molar-refractivity contribution in [2.75, 3.05) is 19.8 Å². The van der Waals surface area contributed by atoms with Crippen molar-refractivity contribution in [2.45, 2.75) is 39.7 Å². The largest absolute Gasteiger partial charge is 0.460 e. The zero-order valence-corrected chi connectivity index (χ0v) is 14.9. The molecule has 8 nitrogen and oxygen atoms in total. The van der Waals surface area contributed by atoms with E-state index in [-0.39, 0.29) is 30.3 Å². The van der Waals surface area contributed by atoms with Crippen molar-refractivity contribution >= 4 is 40.9 Å². The number of thiocarbonyl (C=S) groups is 1. The number of nitrogens with one attached hydrogen (secondary N) is 1. The summed E-state index contributed by atoms with van der Waals surface area (Å²) in [7, 11) is 0. The number of hydrogen-bond acceptors (Lipinski definition) is 8. The summed E-state index contributed by atoms with van der Waals surface area (Å²) in [5.41, 5.74) is -2.70. The monoisotopic (exact) mass is 359 g/mol. The number of ether oxygens (including phenoxy) is 3. The van der Waals surface area contributed by atoms with Crippen LogP contribution in [0.4, 0.5) is 0 Å². The van der Waals surface area contributed by atoms with Gasteiger partial charge in [0, 0.05) is 6.92 Å². The molecule has 1 unspecified atom stereocenters. The summed E-state index contributed by atoms with van der Waals surface area (Å²) in [6.45, 7) is 5.69. The van der Waals surface area contributed by atoms with Crippen LogP contribution in [0.25, 0.3) is 0 Å². The summed E-state index contributed by atoms with van der Waals surface area (Å²) < 4.78 is 15.2. The molecule has 1 aliphatic heterocycles. The van der Waals surface area contributed by atoms with Gasteiger partial charge >= 0.3 is 17.9 Å². The molecule has 1 saturated heterocycles. The van der Waals surface area contributed by atoms with Crippen molar-refractivity contribution in [3.05, 3.63) is 0 Å². The predicted octanol–water partition coefficient (Wildman–Crippen LogP) is 0.311. The second-order valence-electron chi connectivity index (χ2n) is 6.35. The molecule has 0 spiro atoms. The van der Waals surface area contributed by atoms with Crippen LogP contribution in [0.15, 0.2) is 0 Å². The first kappa shape index (κ1) is 20.0. The molecule has 0 saturated carbocycles. The number of hydrogen-bond donors (Lipinski definition) is 1. The highest BCUT2D eigenvalue weighted by atomic mass is 32.1. The van der Waals surface area contributed by atoms with Crippen LogP contribution >= 0.6 is 12.2 Å². The van der Waals surface area contributed by atoms with Gasteiger partial charge < -0.3 is 19.5 Å². The summed E-state index contributed by atoms with van der Waals surface area (Å²) in [4.78, 5) is 46.5. The van der Waals surface area contributed by atoms with E-state index in [0.717, 1.165) is 0 Å². The second kappa shape index (κ2) is 7.69. The third kappa shape index (κ3) is 4.98. The first-order valence-electron chi connectivity index (χ1n) is 7.33. The highest BCUT2D eigenvalue weighted by Crippen LogP contribution is 2.28. The van der Waals surface area contributed by atoms with Gasteiger partial charge in [-0.3, -0.25) is 14.4 Å². The summed E-state index contributed by atoms with van der Waals surface area (Å²) >= 11 is 5.06. The van der Waals surface area contributed by atoms with Gasteiger partial charge in [0.1, 0.15) is 13.2 Å². The number of rotatable bonds is 6. The lowest BCUT2D eigenvalue weighted by Gasteiger charge is -2.27. The van der Waals surface area contributed by atoms with Crippen LogP contribution in [-0.2, 0) is 33.4 Å². The van der Waals surface area contributed by atoms with Crippen LogP contribution < -0.4 is 5.32 Å². The second-order valence-corrected chi connectivity index (χ2v) is 6.84. The molecule has 0 aromatic carbocycles. The Balaban J connectivity index is 2.78. The van der Waals surface area contributed by atoms with Crippen molar-refractivity contribution in [2.24, 2.45) is 5.41 Å². The molecule has 134 valence electrons. The van der Waals surface area contributed by atoms with Gasteiger partial charge in [-0.2, -0.15) is 0 Å². The van der Waals surface area contributed by atoms with E-state index in [0.29, 0.717) is 0 Å². The number of cyclic esters (lactones) is 1. The van der Waals surface area contributed by atoms with Gasteiger partial charge in [0.15, 0.2) is 0 Å². The first-order chi connectivity index (χ1) is 11.0. The summed E-state index contributed by atoms with van der Waals surface area (Å²) in [5.74, 6) is -2.46. The lowest BCUT2D eigenvalue weighted by molar-refractivity contribution is -0.179. The van der Waals surface area contributed by atoms with Gasteiger partial charge in [-0.05, 0) is 20.8 Å². The average Bonchev–Trinajstić information content (AvgIpc) is 2.74. The molecular weight excluding hydrogens is 338 g/mol. The van der Waals surface area contributed by atoms with Crippen molar-refractivity contribution in [1.82, 2.24) is 5.32 Å². The van der Waals surface area contributed by atoms with Crippen molar-refractivity contribution < 1.29 is 33.4 Å². The van der Waals surface area contributed by atoms with Crippen LogP contribution in [0, 0.1) is 5.41 Å². The minimum atomic E-state index is -1.91. The Kier molecular flexibility index (Phi) is 6.42. The smallest absolute Gasteiger partial charge is 0.359 e. The minimum absolute atomic E-state index is 0.00117. The molecule has 9 heteroatoms. The van der Waals surface area contributed by atoms with E-state index in [2.05, 4.69) is 5.32 Å². The Morgan fingerprint density at radius 2 is 1.92 bits per heavy atom. The Hall–Kier alpha value is -2.03. The normalized spacial score (nSPS) is 20.3. The van der Waals surface area contributed by atoms with E-state index < -0.39 is 35.5 Å². The van der Waals surface area contributed by atoms with Gasteiger partial charge in [0.05, 0.1) is 23.2 Å². The molecule has 0 aromatic heterocycles. The Morgan fingerprint density at radius 3 is 2.38 bits per heavy atom. The molecule has 0 radical (unpaired) electrons. The molecule has 1 atom stereocenters. The Morgan fingerprint density at radius 1 is 1.29 bits per heavy atom. The molecule has 24 heavy (non-hydrogen) atoms. The van der Waals surface area contributed by atoms with Gasteiger partial charge in [0.25, 0.3) is 5.60 Å². The fourth-order valence-corrected chi connectivity index (χ4v) is 2.06. The molecule has 1 aliphatic rings. The highest BCUT2D eigenvalue weighted by molar-refractivity contribution is 7.80. The molecule has 1 heterocycles. The van der Waals surface area contributed by atoms with Crippen LogP contribution in [0.1, 0.15) is 34.1 Å². The van der Waals surface area contributed by atoms with E-state index in [9.17, 15) is 19.2 Å². The lowest BCUT2D eigenvalue weighted by Crippen LogP contribution is -2.51. The molecular formula is C15H21NO7S. The van der Waals surface area contributed by atoms with E-state index >= 15 is 0 Å². The van der Waals surface area contributed by atoms with Crippen LogP contribution in [-0.4, -0.2) is 54.0 Å². The van der Waals surface area contributed by atoms with Gasteiger partial charge in [-0.1, -0.05) is 12.2 Å².